The molecule has 5 aromatic rings. The molecule has 2 aromatic heterocycles. The summed E-state index contributed by atoms with van der Waals surface area (Å²) in [6.07, 6.45) is 0.901. The molecule has 0 radical (unpaired) electrons. The molecule has 2 aliphatic heterocycles. The van der Waals surface area contributed by atoms with Crippen molar-refractivity contribution in [3.63, 3.8) is 0 Å². The summed E-state index contributed by atoms with van der Waals surface area (Å²) in [5.41, 5.74) is 1.40. The van der Waals surface area contributed by atoms with E-state index in [0.29, 0.717) is 36.3 Å². The van der Waals surface area contributed by atoms with E-state index in [1.54, 1.807) is 48.5 Å². The zero-order valence-corrected chi connectivity index (χ0v) is 27.6. The van der Waals surface area contributed by atoms with E-state index in [0.717, 1.165) is 12.1 Å². The molecule has 1 saturated heterocycles. The van der Waals surface area contributed by atoms with E-state index in [1.165, 1.54) is 44.6 Å². The largest absolute Gasteiger partial charge is 0.465 e. The fraction of sp³-hybridized carbons (Fsp3) is 0.211. The highest BCUT2D eigenvalue weighted by Gasteiger charge is 2.35. The summed E-state index contributed by atoms with van der Waals surface area (Å²) in [5.74, 6) is -2.57. The van der Waals surface area contributed by atoms with Gasteiger partial charge in [0.25, 0.3) is 17.4 Å². The monoisotopic (exact) mass is 688 g/mol. The van der Waals surface area contributed by atoms with E-state index in [4.69, 9.17) is 13.9 Å². The number of piperidine rings is 1. The number of aromatic nitrogens is 1. The smallest absolute Gasteiger partial charge is 0.349 e. The predicted octanol–water partition coefficient (Wildman–Crippen LogP) is 4.66. The maximum Gasteiger partial charge on any atom is 0.349 e. The van der Waals surface area contributed by atoms with Crippen molar-refractivity contribution in [3.05, 3.63) is 134 Å². The molecule has 2 bridgehead atoms. The van der Waals surface area contributed by atoms with Crippen molar-refractivity contribution in [2.75, 3.05) is 42.8 Å². The number of rotatable bonds is 7. The Hall–Kier alpha value is -6.50. The summed E-state index contributed by atoms with van der Waals surface area (Å²) in [4.78, 5) is 79.7. The van der Waals surface area contributed by atoms with Crippen LogP contribution < -0.4 is 26.7 Å². The van der Waals surface area contributed by atoms with Crippen LogP contribution in [0.2, 0.25) is 0 Å². The number of carbonyl (C=O) groups excluding carboxylic acids is 4. The van der Waals surface area contributed by atoms with Crippen molar-refractivity contribution in [1.82, 2.24) is 4.57 Å². The third-order valence-electron chi connectivity index (χ3n) is 9.25. The lowest BCUT2D eigenvalue weighted by molar-refractivity contribution is 0.0598. The molecule has 3 aromatic carbocycles. The number of para-hydroxylation sites is 1. The number of pyridine rings is 1. The Balaban J connectivity index is 1.25. The first-order chi connectivity index (χ1) is 24.6. The second-order valence-electron chi connectivity index (χ2n) is 12.5. The van der Waals surface area contributed by atoms with Crippen LogP contribution in [0.15, 0.2) is 98.9 Å². The third kappa shape index (κ3) is 6.48. The molecule has 13 nitrogen and oxygen atoms in total. The maximum absolute atomic E-state index is 13.7. The lowest BCUT2D eigenvalue weighted by Crippen LogP contribution is -2.47. The molecule has 0 saturated carbocycles. The zero-order valence-electron chi connectivity index (χ0n) is 27.6. The summed E-state index contributed by atoms with van der Waals surface area (Å²) < 4.78 is 16.8. The number of nitrogens with one attached hydrogen (secondary N) is 2. The minimum absolute atomic E-state index is 0.0210. The maximum atomic E-state index is 13.7. The van der Waals surface area contributed by atoms with Crippen LogP contribution in [0.3, 0.4) is 0 Å². The first-order valence-corrected chi connectivity index (χ1v) is 16.2. The van der Waals surface area contributed by atoms with E-state index in [-0.39, 0.29) is 51.0 Å². The Morgan fingerprint density at radius 2 is 1.49 bits per heavy atom. The number of methoxy groups -OCH3 is 2. The fourth-order valence-electron chi connectivity index (χ4n) is 6.93. The lowest BCUT2D eigenvalue weighted by Gasteiger charge is -2.44. The van der Waals surface area contributed by atoms with Gasteiger partial charge in [-0.3, -0.25) is 14.4 Å². The molecule has 0 aliphatic carbocycles. The third-order valence-corrected chi connectivity index (χ3v) is 9.25. The molecule has 0 spiro atoms. The SMILES string of the molecule is COC(=O)c1cc(NC(=O)c2ccc(N3CC4CC(C3)c3cccc(=O)n3C4)c(NC(=O)c3cc4ccccc4oc3=O)c2)cc(C(=O)OC)c1. The average Bonchev–Trinajstić information content (AvgIpc) is 3.14. The number of nitrogens with zero attached hydrogens (tertiary/aromatic N) is 2. The number of hydrogen-bond acceptors (Lipinski definition) is 10. The molecule has 51 heavy (non-hydrogen) atoms. The zero-order chi connectivity index (χ0) is 35.8. The molecule has 2 atom stereocenters. The van der Waals surface area contributed by atoms with Gasteiger partial charge in [0.1, 0.15) is 11.1 Å². The van der Waals surface area contributed by atoms with Gasteiger partial charge in [-0.1, -0.05) is 24.3 Å². The molecule has 2 N–H and O–H groups in total. The fourth-order valence-corrected chi connectivity index (χ4v) is 6.93. The van der Waals surface area contributed by atoms with Crippen LogP contribution in [0.4, 0.5) is 17.1 Å². The van der Waals surface area contributed by atoms with Crippen LogP contribution in [0.5, 0.6) is 0 Å². The lowest BCUT2D eigenvalue weighted by atomic mass is 9.83. The topological polar surface area (TPSA) is 166 Å². The van der Waals surface area contributed by atoms with E-state index >= 15 is 0 Å². The Bertz CT molecular complexity index is 2330. The van der Waals surface area contributed by atoms with Crippen LogP contribution in [-0.2, 0) is 16.0 Å². The molecule has 258 valence electrons. The van der Waals surface area contributed by atoms with Gasteiger partial charge in [-0.2, -0.15) is 0 Å². The molecular weight excluding hydrogens is 656 g/mol. The summed E-state index contributed by atoms with van der Waals surface area (Å²) in [5, 5.41) is 6.12. The van der Waals surface area contributed by atoms with E-state index < -0.39 is 29.4 Å². The van der Waals surface area contributed by atoms with Crippen LogP contribution >= 0.6 is 0 Å². The normalized spacial score (nSPS) is 16.2. The quantitative estimate of drug-likeness (QED) is 0.182. The van der Waals surface area contributed by atoms with Gasteiger partial charge in [-0.25, -0.2) is 14.4 Å². The highest BCUT2D eigenvalue weighted by molar-refractivity contribution is 6.10. The van der Waals surface area contributed by atoms with Gasteiger partial charge in [0.2, 0.25) is 0 Å². The Kier molecular flexibility index (Phi) is 8.69. The summed E-state index contributed by atoms with van der Waals surface area (Å²) in [6.45, 7) is 1.68. The van der Waals surface area contributed by atoms with Gasteiger partial charge < -0.3 is 34.0 Å². The Morgan fingerprint density at radius 3 is 2.24 bits per heavy atom. The summed E-state index contributed by atoms with van der Waals surface area (Å²) >= 11 is 0. The first-order valence-electron chi connectivity index (χ1n) is 16.2. The number of esters is 2. The molecule has 2 unspecified atom stereocenters. The van der Waals surface area contributed by atoms with Crippen molar-refractivity contribution in [3.8, 4) is 0 Å². The van der Waals surface area contributed by atoms with Gasteiger partial charge >= 0.3 is 17.6 Å². The molecule has 13 heteroatoms. The number of anilines is 3. The minimum atomic E-state index is -0.817. The van der Waals surface area contributed by atoms with Crippen LogP contribution in [-0.4, -0.2) is 55.6 Å². The molecule has 1 fully saturated rings. The van der Waals surface area contributed by atoms with Gasteiger partial charge in [-0.05, 0) is 66.9 Å². The predicted molar refractivity (Wildman–Crippen MR) is 188 cm³/mol. The average molecular weight is 689 g/mol. The van der Waals surface area contributed by atoms with E-state index in [9.17, 15) is 28.8 Å². The number of hydrogen-bond donors (Lipinski definition) is 2. The first kappa shape index (κ1) is 33.0. The Morgan fingerprint density at radius 1 is 0.745 bits per heavy atom. The van der Waals surface area contributed by atoms with Crippen molar-refractivity contribution >= 4 is 51.8 Å². The van der Waals surface area contributed by atoms with Crippen molar-refractivity contribution in [2.45, 2.75) is 18.9 Å². The standard InChI is InChI=1S/C38H32N4O9/c1-49-36(46)24-13-25(37(47)50-2)15-27(14-24)39-34(44)23-10-11-31(41-18-21-12-26(20-41)30-7-5-9-33(43)42(30)19-21)29(17-23)40-35(45)28-16-22-6-3-4-8-32(22)51-38(28)48/h3-11,13-17,21,26H,12,18-20H2,1-2H3,(H,39,44)(H,40,45). The van der Waals surface area contributed by atoms with Crippen molar-refractivity contribution in [1.29, 1.82) is 0 Å². The van der Waals surface area contributed by atoms with Gasteiger partial charge in [0, 0.05) is 53.9 Å². The van der Waals surface area contributed by atoms with Gasteiger partial charge in [0.15, 0.2) is 0 Å². The van der Waals surface area contributed by atoms with E-state index in [2.05, 4.69) is 15.5 Å². The molecule has 4 heterocycles. The molecular formula is C38H32N4O9. The summed E-state index contributed by atoms with van der Waals surface area (Å²) in [6, 6.07) is 22.4. The van der Waals surface area contributed by atoms with Crippen molar-refractivity contribution < 1.29 is 33.1 Å². The highest BCUT2D eigenvalue weighted by Crippen LogP contribution is 2.39. The number of fused-ring (bicyclic) bond motifs is 5. The van der Waals surface area contributed by atoms with E-state index in [1.807, 2.05) is 10.6 Å². The second-order valence-corrected chi connectivity index (χ2v) is 12.5. The van der Waals surface area contributed by atoms with Crippen LogP contribution in [0.1, 0.15) is 59.5 Å². The molecule has 2 aliphatic rings. The van der Waals surface area contributed by atoms with Gasteiger partial charge in [0.05, 0.1) is 36.7 Å². The van der Waals surface area contributed by atoms with Crippen LogP contribution in [0, 0.1) is 5.92 Å². The van der Waals surface area contributed by atoms with Gasteiger partial charge in [-0.15, -0.1) is 0 Å². The number of benzene rings is 3. The molecule has 7 rings (SSSR count). The second kappa shape index (κ2) is 13.4. The Labute approximate surface area is 290 Å². The number of amides is 2. The van der Waals surface area contributed by atoms with Crippen LogP contribution in [0.25, 0.3) is 11.0 Å². The number of ether oxygens (including phenoxy) is 2. The van der Waals surface area contributed by atoms with Crippen molar-refractivity contribution in [2.24, 2.45) is 5.92 Å². The number of carbonyl (C=O) groups is 4. The minimum Gasteiger partial charge on any atom is -0.465 e. The highest BCUT2D eigenvalue weighted by atomic mass is 16.5. The molecule has 2 amide bonds. The summed E-state index contributed by atoms with van der Waals surface area (Å²) in [7, 11) is 2.39.